The molecule has 0 atom stereocenters. The van der Waals surface area contributed by atoms with E-state index in [1.165, 1.54) is 0 Å². The lowest BCUT2D eigenvalue weighted by atomic mass is 9.99. The van der Waals surface area contributed by atoms with Gasteiger partial charge in [0.1, 0.15) is 0 Å². The van der Waals surface area contributed by atoms with Crippen molar-refractivity contribution in [2.45, 2.75) is 19.9 Å². The summed E-state index contributed by atoms with van der Waals surface area (Å²) in [6.45, 7) is 5.11. The smallest absolute Gasteiger partial charge is 0.232 e. The van der Waals surface area contributed by atoms with E-state index in [2.05, 4.69) is 15.3 Å². The molecule has 1 aromatic rings. The molecule has 7 nitrogen and oxygen atoms in total. The molecule has 0 spiro atoms. The monoisotopic (exact) mass is 280 g/mol. The molecular weight excluding hydrogens is 260 g/mol. The summed E-state index contributed by atoms with van der Waals surface area (Å²) < 4.78 is 10.2. The Kier molecular flexibility index (Phi) is 4.26. The maximum atomic E-state index is 11.8. The van der Waals surface area contributed by atoms with E-state index in [9.17, 15) is 4.79 Å². The molecule has 1 aromatic heterocycles. The third-order valence-corrected chi connectivity index (χ3v) is 3.05. The number of rotatable bonds is 5. The number of hydrogen-bond donors (Lipinski definition) is 1. The van der Waals surface area contributed by atoms with Crippen LogP contribution in [0.5, 0.6) is 11.8 Å². The number of nitrogens with zero attached hydrogens (tertiary/aromatic N) is 3. The van der Waals surface area contributed by atoms with E-state index in [0.717, 1.165) is 0 Å². The average Bonchev–Trinajstić information content (AvgIpc) is 2.35. The van der Waals surface area contributed by atoms with Gasteiger partial charge in [0.2, 0.25) is 23.6 Å². The predicted molar refractivity (Wildman–Crippen MR) is 74.1 cm³/mol. The Balaban J connectivity index is 2.00. The van der Waals surface area contributed by atoms with Crippen LogP contribution in [-0.4, -0.2) is 49.2 Å². The fraction of sp³-hybridized carbons (Fsp3) is 0.615. The van der Waals surface area contributed by atoms with Gasteiger partial charge in [-0.15, -0.1) is 0 Å². The van der Waals surface area contributed by atoms with Crippen molar-refractivity contribution in [3.05, 3.63) is 6.07 Å². The van der Waals surface area contributed by atoms with E-state index < -0.39 is 0 Å². The maximum absolute atomic E-state index is 11.8. The van der Waals surface area contributed by atoms with Crippen molar-refractivity contribution < 1.29 is 14.3 Å². The highest BCUT2D eigenvalue weighted by Gasteiger charge is 2.34. The van der Waals surface area contributed by atoms with Crippen LogP contribution in [-0.2, 0) is 4.79 Å². The second-order valence-electron chi connectivity index (χ2n) is 5.02. The molecule has 2 rings (SSSR count). The van der Waals surface area contributed by atoms with Crippen LogP contribution in [0.4, 0.5) is 5.95 Å². The van der Waals surface area contributed by atoms with Gasteiger partial charge in [-0.2, -0.15) is 9.97 Å². The molecule has 1 amide bonds. The summed E-state index contributed by atoms with van der Waals surface area (Å²) in [6, 6.07) is 1.77. The summed E-state index contributed by atoms with van der Waals surface area (Å²) in [6.07, 6.45) is 0. The van der Waals surface area contributed by atoms with Gasteiger partial charge < -0.3 is 19.7 Å². The second-order valence-corrected chi connectivity index (χ2v) is 5.02. The lowest BCUT2D eigenvalue weighted by Gasteiger charge is -2.38. The van der Waals surface area contributed by atoms with Crippen molar-refractivity contribution >= 4 is 11.9 Å². The van der Waals surface area contributed by atoms with Gasteiger partial charge in [-0.05, 0) is 13.8 Å². The zero-order chi connectivity index (χ0) is 14.7. The second kappa shape index (κ2) is 5.94. The lowest BCUT2D eigenvalue weighted by Crippen LogP contribution is -2.55. The van der Waals surface area contributed by atoms with Gasteiger partial charge in [-0.1, -0.05) is 0 Å². The number of aromatic nitrogens is 2. The Morgan fingerprint density at radius 2 is 1.85 bits per heavy atom. The van der Waals surface area contributed by atoms with Crippen molar-refractivity contribution in [1.82, 2.24) is 15.3 Å². The number of amides is 1. The predicted octanol–water partition coefficient (Wildman–Crippen LogP) is 0.455. The summed E-state index contributed by atoms with van der Waals surface area (Å²) in [5.74, 6) is 1.47. The first-order valence-electron chi connectivity index (χ1n) is 6.56. The molecule has 0 saturated carbocycles. The Labute approximate surface area is 118 Å². The van der Waals surface area contributed by atoms with Crippen LogP contribution < -0.4 is 19.7 Å². The highest BCUT2D eigenvalue weighted by molar-refractivity contribution is 5.81. The Morgan fingerprint density at radius 1 is 1.30 bits per heavy atom. The van der Waals surface area contributed by atoms with Crippen LogP contribution in [0.25, 0.3) is 0 Å². The molecule has 110 valence electrons. The van der Waals surface area contributed by atoms with Crippen LogP contribution in [0.1, 0.15) is 13.8 Å². The molecule has 0 aromatic carbocycles. The Morgan fingerprint density at radius 3 is 2.30 bits per heavy atom. The van der Waals surface area contributed by atoms with E-state index in [1.54, 1.807) is 20.3 Å². The van der Waals surface area contributed by atoms with Gasteiger partial charge in [0.05, 0.1) is 26.2 Å². The minimum atomic E-state index is -0.0156. The van der Waals surface area contributed by atoms with E-state index in [1.807, 2.05) is 18.7 Å². The third-order valence-electron chi connectivity index (χ3n) is 3.05. The molecule has 1 aliphatic heterocycles. The molecular formula is C13H20N4O3. The van der Waals surface area contributed by atoms with Gasteiger partial charge in [0.25, 0.3) is 0 Å². The summed E-state index contributed by atoms with van der Waals surface area (Å²) in [5.41, 5.74) is 0. The van der Waals surface area contributed by atoms with Crippen molar-refractivity contribution in [3.63, 3.8) is 0 Å². The minimum absolute atomic E-state index is 0.0156. The van der Waals surface area contributed by atoms with Gasteiger partial charge in [-0.25, -0.2) is 0 Å². The average molecular weight is 280 g/mol. The highest BCUT2D eigenvalue weighted by atomic mass is 16.5. The highest BCUT2D eigenvalue weighted by Crippen LogP contribution is 2.26. The molecule has 1 fully saturated rings. The summed E-state index contributed by atoms with van der Waals surface area (Å²) >= 11 is 0. The summed E-state index contributed by atoms with van der Waals surface area (Å²) in [4.78, 5) is 22.3. The molecule has 1 saturated heterocycles. The van der Waals surface area contributed by atoms with E-state index in [0.29, 0.717) is 30.8 Å². The standard InChI is InChI=1S/C13H20N4O3/c1-8(2)14-12(18)9-6-17(7-9)13-15-10(19-3)5-11(16-13)20-4/h5,8-9H,6-7H2,1-4H3,(H,14,18). The lowest BCUT2D eigenvalue weighted by molar-refractivity contribution is -0.126. The van der Waals surface area contributed by atoms with Gasteiger partial charge >= 0.3 is 0 Å². The van der Waals surface area contributed by atoms with Gasteiger partial charge in [0.15, 0.2) is 0 Å². The molecule has 0 radical (unpaired) electrons. The normalized spacial score (nSPS) is 14.9. The molecule has 0 aliphatic carbocycles. The molecule has 1 N–H and O–H groups in total. The van der Waals surface area contributed by atoms with Crippen molar-refractivity contribution in [2.24, 2.45) is 5.92 Å². The zero-order valence-electron chi connectivity index (χ0n) is 12.2. The SMILES string of the molecule is COc1cc(OC)nc(N2CC(C(=O)NC(C)C)C2)n1. The fourth-order valence-electron chi connectivity index (χ4n) is 1.95. The van der Waals surface area contributed by atoms with E-state index in [-0.39, 0.29) is 17.9 Å². The summed E-state index contributed by atoms with van der Waals surface area (Å²) in [5, 5.41) is 2.91. The van der Waals surface area contributed by atoms with Crippen molar-refractivity contribution in [3.8, 4) is 11.8 Å². The Hall–Kier alpha value is -2.05. The molecule has 1 aliphatic rings. The van der Waals surface area contributed by atoms with Crippen molar-refractivity contribution in [1.29, 1.82) is 0 Å². The molecule has 0 bridgehead atoms. The third kappa shape index (κ3) is 3.09. The van der Waals surface area contributed by atoms with Gasteiger partial charge in [-0.3, -0.25) is 4.79 Å². The topological polar surface area (TPSA) is 76.6 Å². The quantitative estimate of drug-likeness (QED) is 0.844. The van der Waals surface area contributed by atoms with Crippen LogP contribution >= 0.6 is 0 Å². The minimum Gasteiger partial charge on any atom is -0.481 e. The van der Waals surface area contributed by atoms with Crippen LogP contribution in [0, 0.1) is 5.92 Å². The van der Waals surface area contributed by atoms with E-state index >= 15 is 0 Å². The Bertz CT molecular complexity index is 464. The fourth-order valence-corrected chi connectivity index (χ4v) is 1.95. The molecule has 0 unspecified atom stereocenters. The van der Waals surface area contributed by atoms with E-state index in [4.69, 9.17) is 9.47 Å². The number of carbonyl (C=O) groups excluding carboxylic acids is 1. The van der Waals surface area contributed by atoms with Crippen molar-refractivity contribution in [2.75, 3.05) is 32.2 Å². The number of nitrogens with one attached hydrogen (secondary N) is 1. The first-order valence-corrected chi connectivity index (χ1v) is 6.56. The largest absolute Gasteiger partial charge is 0.481 e. The molecule has 20 heavy (non-hydrogen) atoms. The first kappa shape index (κ1) is 14.4. The number of hydrogen-bond acceptors (Lipinski definition) is 6. The van der Waals surface area contributed by atoms with Gasteiger partial charge in [0, 0.05) is 19.1 Å². The molecule has 7 heteroatoms. The number of ether oxygens (including phenoxy) is 2. The van der Waals surface area contributed by atoms with Crippen LogP contribution in [0.2, 0.25) is 0 Å². The first-order chi connectivity index (χ1) is 9.53. The zero-order valence-corrected chi connectivity index (χ0v) is 12.2. The maximum Gasteiger partial charge on any atom is 0.232 e. The number of methoxy groups -OCH3 is 2. The number of anilines is 1. The van der Waals surface area contributed by atoms with Crippen LogP contribution in [0.3, 0.4) is 0 Å². The summed E-state index contributed by atoms with van der Waals surface area (Å²) in [7, 11) is 3.08. The van der Waals surface area contributed by atoms with Crippen LogP contribution in [0.15, 0.2) is 6.07 Å². The molecule has 2 heterocycles. The number of carbonyl (C=O) groups is 1.